The van der Waals surface area contributed by atoms with Crippen molar-refractivity contribution in [2.45, 2.75) is 13.1 Å². The van der Waals surface area contributed by atoms with E-state index >= 15 is 0 Å². The first-order chi connectivity index (χ1) is 16.9. The van der Waals surface area contributed by atoms with Gasteiger partial charge < -0.3 is 10.1 Å². The topological polar surface area (TPSA) is 105 Å². The summed E-state index contributed by atoms with van der Waals surface area (Å²) in [6.07, 6.45) is -3.58. The second-order valence-electron chi connectivity index (χ2n) is 7.34. The fraction of sp³-hybridized carbons (Fsp3) is 0.0833. The first kappa shape index (κ1) is 26.5. The summed E-state index contributed by atoms with van der Waals surface area (Å²) in [7, 11) is 0. The van der Waals surface area contributed by atoms with Crippen LogP contribution in [0.2, 0.25) is 10.0 Å². The van der Waals surface area contributed by atoms with Crippen molar-refractivity contribution in [2.75, 3.05) is 5.32 Å². The fourth-order valence-corrected chi connectivity index (χ4v) is 3.52. The quantitative estimate of drug-likeness (QED) is 0.151. The molecule has 0 bridgehead atoms. The van der Waals surface area contributed by atoms with Crippen molar-refractivity contribution in [1.29, 1.82) is 5.26 Å². The molecule has 0 atom stereocenters. The summed E-state index contributed by atoms with van der Waals surface area (Å²) in [5, 5.41) is 23.0. The number of halogens is 5. The van der Waals surface area contributed by atoms with Crippen molar-refractivity contribution in [3.8, 4) is 17.6 Å². The molecule has 0 saturated carbocycles. The van der Waals surface area contributed by atoms with E-state index in [4.69, 9.17) is 27.9 Å². The third-order valence-corrected chi connectivity index (χ3v) is 5.26. The summed E-state index contributed by atoms with van der Waals surface area (Å²) < 4.78 is 44.2. The minimum Gasteiger partial charge on any atom is -0.447 e. The van der Waals surface area contributed by atoms with Gasteiger partial charge in [0.15, 0.2) is 5.75 Å². The van der Waals surface area contributed by atoms with Crippen molar-refractivity contribution in [1.82, 2.24) is 0 Å². The normalized spacial score (nSPS) is 11.5. The first-order valence-electron chi connectivity index (χ1n) is 9.91. The third kappa shape index (κ3) is 6.33. The van der Waals surface area contributed by atoms with Gasteiger partial charge in [-0.2, -0.15) is 18.4 Å². The molecule has 0 fully saturated rings. The molecule has 0 aliphatic heterocycles. The van der Waals surface area contributed by atoms with E-state index in [0.29, 0.717) is 17.8 Å². The maximum absolute atomic E-state index is 12.9. The van der Waals surface area contributed by atoms with Crippen LogP contribution in [0.1, 0.15) is 16.7 Å². The lowest BCUT2D eigenvalue weighted by Crippen LogP contribution is -2.13. The molecule has 36 heavy (non-hydrogen) atoms. The molecule has 0 saturated heterocycles. The van der Waals surface area contributed by atoms with Gasteiger partial charge in [-0.3, -0.25) is 14.9 Å². The van der Waals surface area contributed by atoms with Gasteiger partial charge in [-0.1, -0.05) is 40.9 Å². The zero-order chi connectivity index (χ0) is 26.6. The SMILES string of the molecule is Cc1ccc(NC(=O)/C(C#N)=C/c2cc(Cl)c(Oc3ccc(C(F)(F)F)cc3[N+](=O)[O-])c(Cl)c2)cc1. The highest BCUT2D eigenvalue weighted by atomic mass is 35.5. The van der Waals surface area contributed by atoms with Crippen LogP contribution in [0.3, 0.4) is 0 Å². The van der Waals surface area contributed by atoms with E-state index in [0.717, 1.165) is 11.6 Å². The van der Waals surface area contributed by atoms with Gasteiger partial charge in [0.05, 0.1) is 20.5 Å². The second-order valence-corrected chi connectivity index (χ2v) is 8.16. The number of nitrogens with zero attached hydrogens (tertiary/aromatic N) is 2. The Morgan fingerprint density at radius 1 is 1.11 bits per heavy atom. The average molecular weight is 536 g/mol. The van der Waals surface area contributed by atoms with Gasteiger partial charge in [0.25, 0.3) is 5.91 Å². The number of anilines is 1. The number of nitro benzene ring substituents is 1. The minimum atomic E-state index is -4.79. The molecule has 3 aromatic rings. The number of amides is 1. The molecule has 184 valence electrons. The molecule has 0 unspecified atom stereocenters. The Kier molecular flexibility index (Phi) is 7.87. The smallest absolute Gasteiger partial charge is 0.416 e. The maximum atomic E-state index is 12.9. The monoisotopic (exact) mass is 535 g/mol. The molecule has 0 aliphatic carbocycles. The Balaban J connectivity index is 1.90. The zero-order valence-corrected chi connectivity index (χ0v) is 19.7. The van der Waals surface area contributed by atoms with E-state index in [1.54, 1.807) is 30.3 Å². The number of hydrogen-bond acceptors (Lipinski definition) is 5. The lowest BCUT2D eigenvalue weighted by Gasteiger charge is -2.12. The van der Waals surface area contributed by atoms with Crippen LogP contribution in [0.4, 0.5) is 24.5 Å². The largest absolute Gasteiger partial charge is 0.447 e. The van der Waals surface area contributed by atoms with Gasteiger partial charge in [0.1, 0.15) is 11.6 Å². The molecular weight excluding hydrogens is 522 g/mol. The van der Waals surface area contributed by atoms with E-state index in [2.05, 4.69) is 5.32 Å². The van der Waals surface area contributed by atoms with Gasteiger partial charge in [-0.15, -0.1) is 0 Å². The molecule has 3 aromatic carbocycles. The number of nitriles is 1. The lowest BCUT2D eigenvalue weighted by atomic mass is 10.1. The van der Waals surface area contributed by atoms with Crippen LogP contribution in [-0.4, -0.2) is 10.8 Å². The molecule has 0 aliphatic rings. The number of carbonyl (C=O) groups excluding carboxylic acids is 1. The van der Waals surface area contributed by atoms with Gasteiger partial charge >= 0.3 is 11.9 Å². The number of alkyl halides is 3. The Hall–Kier alpha value is -4.07. The van der Waals surface area contributed by atoms with Crippen LogP contribution in [0.5, 0.6) is 11.5 Å². The molecule has 3 rings (SSSR count). The molecule has 0 spiro atoms. The number of benzene rings is 3. The average Bonchev–Trinajstić information content (AvgIpc) is 2.80. The number of rotatable bonds is 6. The van der Waals surface area contributed by atoms with Gasteiger partial charge in [0, 0.05) is 11.8 Å². The zero-order valence-electron chi connectivity index (χ0n) is 18.2. The number of nitro groups is 1. The van der Waals surface area contributed by atoms with Crippen molar-refractivity contribution in [2.24, 2.45) is 0 Å². The van der Waals surface area contributed by atoms with Crippen LogP contribution in [-0.2, 0) is 11.0 Å². The first-order valence-corrected chi connectivity index (χ1v) is 10.7. The van der Waals surface area contributed by atoms with Crippen molar-refractivity contribution in [3.63, 3.8) is 0 Å². The number of ether oxygens (including phenoxy) is 1. The van der Waals surface area contributed by atoms with Crippen LogP contribution in [0.25, 0.3) is 6.08 Å². The van der Waals surface area contributed by atoms with Gasteiger partial charge in [-0.05, 0) is 55.0 Å². The molecule has 0 radical (unpaired) electrons. The van der Waals surface area contributed by atoms with Gasteiger partial charge in [0.2, 0.25) is 5.75 Å². The van der Waals surface area contributed by atoms with Crippen LogP contribution in [0, 0.1) is 28.4 Å². The third-order valence-electron chi connectivity index (χ3n) is 4.70. The van der Waals surface area contributed by atoms with E-state index in [1.807, 2.05) is 6.92 Å². The summed E-state index contributed by atoms with van der Waals surface area (Å²) in [6.45, 7) is 1.88. The lowest BCUT2D eigenvalue weighted by molar-refractivity contribution is -0.385. The maximum Gasteiger partial charge on any atom is 0.416 e. The summed E-state index contributed by atoms with van der Waals surface area (Å²) in [6, 6.07) is 13.0. The second kappa shape index (κ2) is 10.7. The number of nitrogens with one attached hydrogen (secondary N) is 1. The Bertz CT molecular complexity index is 1390. The highest BCUT2D eigenvalue weighted by Gasteiger charge is 2.33. The molecule has 12 heteroatoms. The Morgan fingerprint density at radius 3 is 2.25 bits per heavy atom. The van der Waals surface area contributed by atoms with Crippen molar-refractivity contribution >= 4 is 46.6 Å². The predicted molar refractivity (Wildman–Crippen MR) is 128 cm³/mol. The highest BCUT2D eigenvalue weighted by Crippen LogP contribution is 2.42. The van der Waals surface area contributed by atoms with E-state index < -0.39 is 34.0 Å². The summed E-state index contributed by atoms with van der Waals surface area (Å²) >= 11 is 12.4. The number of carbonyl (C=O) groups is 1. The van der Waals surface area contributed by atoms with Crippen LogP contribution in [0.15, 0.2) is 60.2 Å². The fourth-order valence-electron chi connectivity index (χ4n) is 2.94. The van der Waals surface area contributed by atoms with E-state index in [9.17, 15) is 33.3 Å². The predicted octanol–water partition coefficient (Wildman–Crippen LogP) is 7.57. The van der Waals surface area contributed by atoms with Crippen molar-refractivity contribution < 1.29 is 27.6 Å². The standard InChI is InChI=1S/C24H14Cl2F3N3O4/c1-13-2-5-17(6-3-13)31-23(33)15(12-30)8-14-9-18(25)22(19(26)10-14)36-21-7-4-16(24(27,28)29)11-20(21)32(34)35/h2-11H,1H3,(H,31,33)/b15-8+. The summed E-state index contributed by atoms with van der Waals surface area (Å²) in [5.41, 5.74) is -0.751. The van der Waals surface area contributed by atoms with Crippen LogP contribution < -0.4 is 10.1 Å². The van der Waals surface area contributed by atoms with Gasteiger partial charge in [-0.25, -0.2) is 0 Å². The molecule has 0 aromatic heterocycles. The minimum absolute atomic E-state index is 0.167. The Labute approximate surface area is 212 Å². The Morgan fingerprint density at radius 2 is 1.72 bits per heavy atom. The van der Waals surface area contributed by atoms with Crippen LogP contribution >= 0.6 is 23.2 Å². The van der Waals surface area contributed by atoms with Crippen molar-refractivity contribution in [3.05, 3.63) is 97.0 Å². The highest BCUT2D eigenvalue weighted by molar-refractivity contribution is 6.37. The van der Waals surface area contributed by atoms with E-state index in [-0.39, 0.29) is 26.9 Å². The summed E-state index contributed by atoms with van der Waals surface area (Å²) in [4.78, 5) is 22.7. The van der Waals surface area contributed by atoms with E-state index in [1.165, 1.54) is 18.2 Å². The number of aryl methyl sites for hydroxylation is 1. The molecule has 0 heterocycles. The number of hydrogen-bond donors (Lipinski definition) is 1. The molecule has 1 N–H and O–H groups in total. The molecule has 7 nitrogen and oxygen atoms in total. The molecule has 1 amide bonds. The molecular formula is C24H14Cl2F3N3O4. The summed E-state index contributed by atoms with van der Waals surface area (Å²) in [5.74, 6) is -1.47.